The van der Waals surface area contributed by atoms with Gasteiger partial charge in [-0.25, -0.2) is 0 Å². The summed E-state index contributed by atoms with van der Waals surface area (Å²) in [6.45, 7) is 18.8. The lowest BCUT2D eigenvalue weighted by Crippen LogP contribution is -2.36. The maximum atomic E-state index is 6.79. The first-order chi connectivity index (χ1) is 23.2. The van der Waals surface area contributed by atoms with Crippen molar-refractivity contribution in [3.05, 3.63) is 196 Å². The number of rotatable bonds is 11. The van der Waals surface area contributed by atoms with E-state index in [2.05, 4.69) is 161 Å². The number of fused-ring (bicyclic) bond motifs is 2. The lowest BCUT2D eigenvalue weighted by molar-refractivity contribution is 0.504. The third-order valence-corrected chi connectivity index (χ3v) is 10.5. The van der Waals surface area contributed by atoms with Crippen LogP contribution in [-0.4, -0.2) is 6.54 Å². The van der Waals surface area contributed by atoms with Crippen LogP contribution in [0.3, 0.4) is 0 Å². The first-order valence-corrected chi connectivity index (χ1v) is 17.4. The van der Waals surface area contributed by atoms with Gasteiger partial charge < -0.3 is 4.90 Å². The van der Waals surface area contributed by atoms with E-state index in [0.717, 1.165) is 36.4 Å². The van der Waals surface area contributed by atoms with Crippen LogP contribution in [0.2, 0.25) is 5.02 Å². The van der Waals surface area contributed by atoms with E-state index in [4.69, 9.17) is 18.2 Å². The van der Waals surface area contributed by atoms with E-state index in [9.17, 15) is 0 Å². The second-order valence-electron chi connectivity index (χ2n) is 13.6. The molecule has 1 nitrogen and oxygen atoms in total. The van der Waals surface area contributed by atoms with Crippen molar-refractivity contribution in [3.63, 3.8) is 0 Å². The van der Waals surface area contributed by atoms with Gasteiger partial charge in [-0.2, -0.15) is 0 Å². The molecule has 242 valence electrons. The predicted molar refractivity (Wildman–Crippen MR) is 208 cm³/mol. The Morgan fingerprint density at radius 3 is 2.10 bits per heavy atom. The lowest BCUT2D eigenvalue weighted by atomic mass is 9.69. The summed E-state index contributed by atoms with van der Waals surface area (Å²) >= 11 is 6.79. The van der Waals surface area contributed by atoms with Crippen LogP contribution < -0.4 is 4.90 Å². The number of halogens is 1. The van der Waals surface area contributed by atoms with Gasteiger partial charge in [0.15, 0.2) is 0 Å². The fourth-order valence-electron chi connectivity index (χ4n) is 8.02. The molecule has 0 saturated carbocycles. The number of nitrogens with zero attached hydrogens (tertiary/aromatic N) is 1. The molecule has 0 N–H and O–H groups in total. The van der Waals surface area contributed by atoms with E-state index < -0.39 is 0 Å². The van der Waals surface area contributed by atoms with Gasteiger partial charge in [0.1, 0.15) is 0 Å². The zero-order chi connectivity index (χ0) is 33.9. The van der Waals surface area contributed by atoms with E-state index in [1.807, 2.05) is 12.1 Å². The molecule has 1 aliphatic rings. The normalized spacial score (nSPS) is 16.1. The molecule has 0 bridgehead atoms. The third-order valence-electron chi connectivity index (χ3n) is 10.3. The molecule has 5 aromatic carbocycles. The lowest BCUT2D eigenvalue weighted by Gasteiger charge is -2.35. The zero-order valence-corrected chi connectivity index (χ0v) is 29.5. The van der Waals surface area contributed by atoms with Gasteiger partial charge >= 0.3 is 0 Å². The van der Waals surface area contributed by atoms with Gasteiger partial charge in [-0.05, 0) is 114 Å². The minimum absolute atomic E-state index is 0.325. The Hall–Kier alpha value is -4.59. The molecule has 0 saturated heterocycles. The highest BCUT2D eigenvalue weighted by atomic mass is 35.5. The molecule has 0 radical (unpaired) electrons. The third kappa shape index (κ3) is 6.20. The monoisotopic (exact) mass is 647 g/mol. The number of aryl methyl sites for hydroxylation is 1. The van der Waals surface area contributed by atoms with Crippen molar-refractivity contribution in [1.82, 2.24) is 0 Å². The number of anilines is 1. The molecule has 0 amide bonds. The number of benzene rings is 5. The molecule has 1 atom stereocenters. The Balaban J connectivity index is 1.53. The summed E-state index contributed by atoms with van der Waals surface area (Å²) in [5, 5.41) is 3.29. The van der Waals surface area contributed by atoms with Gasteiger partial charge in [-0.15, -0.1) is 6.58 Å². The quantitative estimate of drug-likeness (QED) is 0.102. The van der Waals surface area contributed by atoms with Gasteiger partial charge in [0, 0.05) is 33.8 Å². The minimum Gasteiger partial charge on any atom is -0.344 e. The van der Waals surface area contributed by atoms with Crippen molar-refractivity contribution in [1.29, 1.82) is 0 Å². The van der Waals surface area contributed by atoms with Crippen LogP contribution >= 0.6 is 11.6 Å². The maximum Gasteiger partial charge on any atom is 0.0457 e. The van der Waals surface area contributed by atoms with Crippen molar-refractivity contribution in [2.24, 2.45) is 0 Å². The Bertz CT molecular complexity index is 1970. The number of allylic oxidation sites excluding steroid dienone is 6. The Kier molecular flexibility index (Phi) is 9.63. The molecule has 1 heterocycles. The average molecular weight is 648 g/mol. The SMILES string of the molecule is C=CCC(C)(C(=C)/C=C(C)/C=C1/N(CC)c2ccc(Cl)cc2C1(Cc1ccccc1)Cc1ccccc1)c1c(C)ccc2ccccc12. The molecule has 0 fully saturated rings. The van der Waals surface area contributed by atoms with Gasteiger partial charge in [0.25, 0.3) is 0 Å². The first-order valence-electron chi connectivity index (χ1n) is 17.0. The summed E-state index contributed by atoms with van der Waals surface area (Å²) in [6, 6.07) is 41.4. The zero-order valence-electron chi connectivity index (χ0n) is 28.8. The highest BCUT2D eigenvalue weighted by Gasteiger charge is 2.47. The number of likely N-dealkylation sites (N-methyl/N-ethyl adjacent to an activating group) is 1. The molecule has 2 heteroatoms. The summed E-state index contributed by atoms with van der Waals surface area (Å²) in [5.41, 5.74) is 10.6. The molecule has 5 aromatic rings. The van der Waals surface area contributed by atoms with E-state index in [1.54, 1.807) is 0 Å². The van der Waals surface area contributed by atoms with Crippen molar-refractivity contribution in [2.45, 2.75) is 57.8 Å². The maximum absolute atomic E-state index is 6.79. The Labute approximate surface area is 292 Å². The van der Waals surface area contributed by atoms with E-state index in [-0.39, 0.29) is 10.8 Å². The smallest absolute Gasteiger partial charge is 0.0457 e. The van der Waals surface area contributed by atoms with Gasteiger partial charge in [-0.1, -0.05) is 134 Å². The van der Waals surface area contributed by atoms with E-state index >= 15 is 0 Å². The van der Waals surface area contributed by atoms with Crippen LogP contribution in [0.5, 0.6) is 0 Å². The first kappa shape index (κ1) is 33.3. The molecule has 6 rings (SSSR count). The summed E-state index contributed by atoms with van der Waals surface area (Å²) in [5.74, 6) is 0. The van der Waals surface area contributed by atoms with Crippen LogP contribution in [-0.2, 0) is 23.7 Å². The topological polar surface area (TPSA) is 3.24 Å². The molecular formula is C46H46ClN. The Morgan fingerprint density at radius 2 is 1.48 bits per heavy atom. The fourth-order valence-corrected chi connectivity index (χ4v) is 8.19. The number of hydrogen-bond acceptors (Lipinski definition) is 1. The molecule has 1 aliphatic heterocycles. The molecular weight excluding hydrogens is 602 g/mol. The van der Waals surface area contributed by atoms with Crippen molar-refractivity contribution < 1.29 is 0 Å². The minimum atomic E-state index is -0.327. The summed E-state index contributed by atoms with van der Waals surface area (Å²) in [6.07, 6.45) is 9.26. The highest BCUT2D eigenvalue weighted by molar-refractivity contribution is 6.30. The average Bonchev–Trinajstić information content (AvgIpc) is 3.32. The van der Waals surface area contributed by atoms with Crippen molar-refractivity contribution in [2.75, 3.05) is 11.4 Å². The van der Waals surface area contributed by atoms with Crippen molar-refractivity contribution >= 4 is 28.1 Å². The van der Waals surface area contributed by atoms with Crippen molar-refractivity contribution in [3.8, 4) is 0 Å². The van der Waals surface area contributed by atoms with Crippen LogP contribution in [0.15, 0.2) is 163 Å². The van der Waals surface area contributed by atoms with E-state index in [0.29, 0.717) is 0 Å². The van der Waals surface area contributed by atoms with Crippen LogP contribution in [0.4, 0.5) is 5.69 Å². The molecule has 0 aromatic heterocycles. The molecule has 0 aliphatic carbocycles. The molecule has 48 heavy (non-hydrogen) atoms. The van der Waals surface area contributed by atoms with Crippen LogP contribution in [0.25, 0.3) is 10.8 Å². The largest absolute Gasteiger partial charge is 0.344 e. The number of hydrogen-bond donors (Lipinski definition) is 0. The Morgan fingerprint density at radius 1 is 0.854 bits per heavy atom. The molecule has 1 unspecified atom stereocenters. The fraction of sp³-hybridized carbons (Fsp3) is 0.217. The van der Waals surface area contributed by atoms with Gasteiger partial charge in [0.05, 0.1) is 0 Å². The summed E-state index contributed by atoms with van der Waals surface area (Å²) < 4.78 is 0. The molecule has 0 spiro atoms. The van der Waals surface area contributed by atoms with Crippen LogP contribution in [0.1, 0.15) is 55.0 Å². The van der Waals surface area contributed by atoms with Gasteiger partial charge in [0.2, 0.25) is 0 Å². The summed E-state index contributed by atoms with van der Waals surface area (Å²) in [7, 11) is 0. The predicted octanol–water partition coefficient (Wildman–Crippen LogP) is 12.3. The highest BCUT2D eigenvalue weighted by Crippen LogP contribution is 2.53. The second kappa shape index (κ2) is 13.9. The van der Waals surface area contributed by atoms with Gasteiger partial charge in [-0.3, -0.25) is 0 Å². The summed E-state index contributed by atoms with van der Waals surface area (Å²) in [4.78, 5) is 2.50. The van der Waals surface area contributed by atoms with Crippen LogP contribution in [0, 0.1) is 6.92 Å². The van der Waals surface area contributed by atoms with E-state index in [1.165, 1.54) is 55.5 Å². The second-order valence-corrected chi connectivity index (χ2v) is 14.0. The standard InChI is InChI=1S/C46H46ClN/c1-7-27-45(6,44-34(4)23-24-38-21-15-16-22-40(38)44)35(5)28-33(3)29-43-46(31-36-17-11-9-12-18-36,32-37-19-13-10-14-20-37)41-30-39(47)25-26-42(41)48(43)8-2/h7,9-26,28-30H,1,5,8,27,31-32H2,2-4,6H3/b33-28+,43-29+.